The van der Waals surface area contributed by atoms with Crippen LogP contribution in [0, 0.1) is 3.57 Å². The number of hydrogen-bond donors (Lipinski definition) is 2. The molecule has 1 aromatic heterocycles. The largest absolute Gasteiger partial charge is 0.491 e. The SMILES string of the molecule is OC(CNCc1ccncc1)COc1ccc(I)cc1. The van der Waals surface area contributed by atoms with E-state index in [2.05, 4.69) is 32.9 Å². The predicted octanol–water partition coefficient (Wildman–Crippen LogP) is 2.22. The molecule has 0 radical (unpaired) electrons. The minimum atomic E-state index is -0.531. The lowest BCUT2D eigenvalue weighted by atomic mass is 10.2. The summed E-state index contributed by atoms with van der Waals surface area (Å²) in [5.74, 6) is 0.776. The van der Waals surface area contributed by atoms with Crippen LogP contribution >= 0.6 is 22.6 Å². The summed E-state index contributed by atoms with van der Waals surface area (Å²) in [7, 11) is 0. The molecule has 0 fully saturated rings. The van der Waals surface area contributed by atoms with Gasteiger partial charge >= 0.3 is 0 Å². The van der Waals surface area contributed by atoms with Crippen molar-refractivity contribution in [3.8, 4) is 5.75 Å². The van der Waals surface area contributed by atoms with Crippen molar-refractivity contribution in [2.75, 3.05) is 13.2 Å². The van der Waals surface area contributed by atoms with Gasteiger partial charge in [-0.2, -0.15) is 0 Å². The van der Waals surface area contributed by atoms with Crippen molar-refractivity contribution in [1.29, 1.82) is 0 Å². The highest BCUT2D eigenvalue weighted by Gasteiger charge is 2.05. The van der Waals surface area contributed by atoms with Gasteiger partial charge in [0, 0.05) is 29.1 Å². The van der Waals surface area contributed by atoms with Crippen LogP contribution in [0.2, 0.25) is 0 Å². The van der Waals surface area contributed by atoms with Crippen LogP contribution in [0.4, 0.5) is 0 Å². The average Bonchev–Trinajstić information content (AvgIpc) is 2.48. The molecule has 1 aromatic carbocycles. The second-order valence-corrected chi connectivity index (χ2v) is 5.65. The van der Waals surface area contributed by atoms with Crippen molar-refractivity contribution in [1.82, 2.24) is 10.3 Å². The Morgan fingerprint density at radius 2 is 1.85 bits per heavy atom. The number of ether oxygens (including phenoxy) is 1. The third kappa shape index (κ3) is 5.44. The van der Waals surface area contributed by atoms with Crippen molar-refractivity contribution in [2.45, 2.75) is 12.6 Å². The van der Waals surface area contributed by atoms with Gasteiger partial charge in [0.1, 0.15) is 18.5 Å². The third-order valence-corrected chi connectivity index (χ3v) is 3.43. The van der Waals surface area contributed by atoms with Gasteiger partial charge in [-0.25, -0.2) is 0 Å². The van der Waals surface area contributed by atoms with Crippen LogP contribution < -0.4 is 10.1 Å². The fraction of sp³-hybridized carbons (Fsp3) is 0.267. The first kappa shape index (κ1) is 15.2. The number of aliphatic hydroxyl groups excluding tert-OH is 1. The highest BCUT2D eigenvalue weighted by atomic mass is 127. The van der Waals surface area contributed by atoms with Gasteiger partial charge in [0.2, 0.25) is 0 Å². The zero-order valence-corrected chi connectivity index (χ0v) is 13.2. The summed E-state index contributed by atoms with van der Waals surface area (Å²) in [6.45, 7) is 1.49. The zero-order valence-electron chi connectivity index (χ0n) is 11.0. The van der Waals surface area contributed by atoms with Crippen molar-refractivity contribution in [3.63, 3.8) is 0 Å². The van der Waals surface area contributed by atoms with Crippen molar-refractivity contribution >= 4 is 22.6 Å². The van der Waals surface area contributed by atoms with Gasteiger partial charge < -0.3 is 15.2 Å². The maximum Gasteiger partial charge on any atom is 0.119 e. The Morgan fingerprint density at radius 1 is 1.15 bits per heavy atom. The molecule has 1 atom stereocenters. The highest BCUT2D eigenvalue weighted by Crippen LogP contribution is 2.13. The van der Waals surface area contributed by atoms with Crippen molar-refractivity contribution in [3.05, 3.63) is 57.9 Å². The van der Waals surface area contributed by atoms with E-state index in [0.29, 0.717) is 13.1 Å². The van der Waals surface area contributed by atoms with E-state index >= 15 is 0 Å². The number of rotatable bonds is 7. The summed E-state index contributed by atoms with van der Waals surface area (Å²) in [5, 5.41) is 13.0. The Balaban J connectivity index is 1.65. The number of halogens is 1. The molecule has 2 rings (SSSR count). The Morgan fingerprint density at radius 3 is 2.55 bits per heavy atom. The molecule has 4 nitrogen and oxygen atoms in total. The van der Waals surface area contributed by atoms with E-state index in [1.807, 2.05) is 36.4 Å². The Hall–Kier alpha value is -1.18. The summed E-state index contributed by atoms with van der Waals surface area (Å²) in [4.78, 5) is 3.96. The molecule has 5 heteroatoms. The molecule has 0 aliphatic rings. The van der Waals surface area contributed by atoms with E-state index in [0.717, 1.165) is 14.9 Å². The maximum absolute atomic E-state index is 9.84. The fourth-order valence-electron chi connectivity index (χ4n) is 1.67. The lowest BCUT2D eigenvalue weighted by molar-refractivity contribution is 0.106. The quantitative estimate of drug-likeness (QED) is 0.719. The third-order valence-electron chi connectivity index (χ3n) is 2.71. The zero-order chi connectivity index (χ0) is 14.2. The lowest BCUT2D eigenvalue weighted by Crippen LogP contribution is -2.31. The number of aliphatic hydroxyl groups is 1. The molecule has 0 saturated heterocycles. The second-order valence-electron chi connectivity index (χ2n) is 4.41. The number of nitrogens with zero attached hydrogens (tertiary/aromatic N) is 1. The first-order chi connectivity index (χ1) is 9.74. The molecule has 0 bridgehead atoms. The summed E-state index contributed by atoms with van der Waals surface area (Å²) >= 11 is 2.24. The molecule has 0 spiro atoms. The maximum atomic E-state index is 9.84. The Bertz CT molecular complexity index is 505. The van der Waals surface area contributed by atoms with E-state index in [-0.39, 0.29) is 6.61 Å². The molecule has 0 amide bonds. The van der Waals surface area contributed by atoms with Gasteiger partial charge in [0.15, 0.2) is 0 Å². The van der Waals surface area contributed by atoms with Crippen LogP contribution in [0.5, 0.6) is 5.75 Å². The average molecular weight is 384 g/mol. The molecule has 20 heavy (non-hydrogen) atoms. The molecule has 106 valence electrons. The molecule has 0 aliphatic heterocycles. The first-order valence-electron chi connectivity index (χ1n) is 6.40. The van der Waals surface area contributed by atoms with Crippen LogP contribution in [0.1, 0.15) is 5.56 Å². The van der Waals surface area contributed by atoms with E-state index in [1.165, 1.54) is 0 Å². The molecule has 2 N–H and O–H groups in total. The highest BCUT2D eigenvalue weighted by molar-refractivity contribution is 14.1. The standard InChI is InChI=1S/C15H17IN2O2/c16-13-1-3-15(4-2-13)20-11-14(19)10-18-9-12-5-7-17-8-6-12/h1-8,14,18-19H,9-11H2. The first-order valence-corrected chi connectivity index (χ1v) is 7.48. The molecule has 0 saturated carbocycles. The van der Waals surface area contributed by atoms with Crippen LogP contribution in [-0.2, 0) is 6.54 Å². The van der Waals surface area contributed by atoms with E-state index < -0.39 is 6.10 Å². The van der Waals surface area contributed by atoms with Gasteiger partial charge in [-0.15, -0.1) is 0 Å². The number of benzene rings is 1. The van der Waals surface area contributed by atoms with Gasteiger partial charge in [-0.05, 0) is 64.6 Å². The molecule has 0 aliphatic carbocycles. The number of aromatic nitrogens is 1. The Kier molecular flexibility index (Phi) is 6.23. The molecule has 1 heterocycles. The number of hydrogen-bond acceptors (Lipinski definition) is 4. The van der Waals surface area contributed by atoms with Gasteiger partial charge in [0.05, 0.1) is 0 Å². The second kappa shape index (κ2) is 8.18. The summed E-state index contributed by atoms with van der Waals surface area (Å²) in [5.41, 5.74) is 1.14. The number of pyridine rings is 1. The van der Waals surface area contributed by atoms with Crippen LogP contribution in [0.25, 0.3) is 0 Å². The van der Waals surface area contributed by atoms with E-state index in [1.54, 1.807) is 12.4 Å². The summed E-state index contributed by atoms with van der Waals surface area (Å²) in [6, 6.07) is 11.6. The minimum absolute atomic E-state index is 0.282. The van der Waals surface area contributed by atoms with Crippen LogP contribution in [-0.4, -0.2) is 29.3 Å². The van der Waals surface area contributed by atoms with Crippen LogP contribution in [0.3, 0.4) is 0 Å². The molecular weight excluding hydrogens is 367 g/mol. The van der Waals surface area contributed by atoms with Crippen molar-refractivity contribution in [2.24, 2.45) is 0 Å². The van der Waals surface area contributed by atoms with E-state index in [9.17, 15) is 5.11 Å². The lowest BCUT2D eigenvalue weighted by Gasteiger charge is -2.13. The van der Waals surface area contributed by atoms with Crippen molar-refractivity contribution < 1.29 is 9.84 Å². The molecule has 2 aromatic rings. The fourth-order valence-corrected chi connectivity index (χ4v) is 2.03. The predicted molar refractivity (Wildman–Crippen MR) is 86.6 cm³/mol. The Labute approximate surface area is 132 Å². The minimum Gasteiger partial charge on any atom is -0.491 e. The monoisotopic (exact) mass is 384 g/mol. The van der Waals surface area contributed by atoms with E-state index in [4.69, 9.17) is 4.74 Å². The summed E-state index contributed by atoms with van der Waals surface area (Å²) < 4.78 is 6.68. The van der Waals surface area contributed by atoms with Crippen LogP contribution in [0.15, 0.2) is 48.8 Å². The number of nitrogens with one attached hydrogen (secondary N) is 1. The topological polar surface area (TPSA) is 54.4 Å². The van der Waals surface area contributed by atoms with Gasteiger partial charge in [-0.3, -0.25) is 4.98 Å². The molecule has 1 unspecified atom stereocenters. The normalized spacial score (nSPS) is 12.1. The molecular formula is C15H17IN2O2. The van der Waals surface area contributed by atoms with Gasteiger partial charge in [-0.1, -0.05) is 0 Å². The summed E-state index contributed by atoms with van der Waals surface area (Å²) in [6.07, 6.45) is 2.98. The van der Waals surface area contributed by atoms with Gasteiger partial charge in [0.25, 0.3) is 0 Å². The smallest absolute Gasteiger partial charge is 0.119 e.